The number of hydrogen-bond acceptors (Lipinski definition) is 3. The molecule has 0 saturated carbocycles. The predicted molar refractivity (Wildman–Crippen MR) is 108 cm³/mol. The van der Waals surface area contributed by atoms with Crippen LogP contribution in [0.3, 0.4) is 0 Å². The maximum atomic E-state index is 13.0. The van der Waals surface area contributed by atoms with Crippen LogP contribution in [0.1, 0.15) is 24.1 Å². The minimum atomic E-state index is -0.947. The second-order valence-corrected chi connectivity index (χ2v) is 7.49. The van der Waals surface area contributed by atoms with E-state index in [0.717, 1.165) is 29.5 Å². The van der Waals surface area contributed by atoms with E-state index < -0.39 is 6.09 Å². The van der Waals surface area contributed by atoms with Crippen LogP contribution in [0.25, 0.3) is 10.8 Å². The summed E-state index contributed by atoms with van der Waals surface area (Å²) in [5.74, 6) is 0. The van der Waals surface area contributed by atoms with Crippen molar-refractivity contribution < 1.29 is 9.90 Å². The lowest BCUT2D eigenvalue weighted by Crippen LogP contribution is -2.40. The Labute approximate surface area is 167 Å². The van der Waals surface area contributed by atoms with Gasteiger partial charge < -0.3 is 10.0 Å². The Bertz CT molecular complexity index is 1080. The number of benzene rings is 2. The topological polar surface area (TPSA) is 75.4 Å². The van der Waals surface area contributed by atoms with E-state index in [4.69, 9.17) is 11.6 Å². The molecule has 0 aliphatic carbocycles. The van der Waals surface area contributed by atoms with Gasteiger partial charge >= 0.3 is 6.09 Å². The second-order valence-electron chi connectivity index (χ2n) is 7.05. The minimum Gasteiger partial charge on any atom is -0.465 e. The third-order valence-electron chi connectivity index (χ3n) is 5.24. The number of likely N-dealkylation sites (tertiary alicyclic amines) is 1. The lowest BCUT2D eigenvalue weighted by molar-refractivity contribution is 0.135. The largest absolute Gasteiger partial charge is 0.465 e. The Morgan fingerprint density at radius 2 is 1.86 bits per heavy atom. The average Bonchev–Trinajstić information content (AvgIpc) is 3.16. The molecule has 0 radical (unpaired) electrons. The van der Waals surface area contributed by atoms with Crippen LogP contribution in [0.2, 0.25) is 5.02 Å². The van der Waals surface area contributed by atoms with Crippen molar-refractivity contribution in [3.8, 4) is 0 Å². The van der Waals surface area contributed by atoms with E-state index in [9.17, 15) is 14.7 Å². The third kappa shape index (κ3) is 3.60. The van der Waals surface area contributed by atoms with Gasteiger partial charge in [-0.15, -0.1) is 0 Å². The zero-order chi connectivity index (χ0) is 19.7. The van der Waals surface area contributed by atoms with Crippen molar-refractivity contribution >= 4 is 28.5 Å². The van der Waals surface area contributed by atoms with Crippen molar-refractivity contribution in [1.82, 2.24) is 14.7 Å². The molecule has 6 nitrogen and oxygen atoms in total. The first kappa shape index (κ1) is 18.5. The number of aromatic nitrogens is 2. The Balaban J connectivity index is 1.74. The molecule has 0 unspecified atom stereocenters. The van der Waals surface area contributed by atoms with E-state index in [2.05, 4.69) is 5.10 Å². The maximum Gasteiger partial charge on any atom is 0.407 e. The summed E-state index contributed by atoms with van der Waals surface area (Å²) >= 11 is 5.98. The first-order chi connectivity index (χ1) is 13.5. The van der Waals surface area contributed by atoms with Gasteiger partial charge in [-0.25, -0.2) is 9.48 Å². The minimum absolute atomic E-state index is 0.187. The van der Waals surface area contributed by atoms with E-state index in [1.807, 2.05) is 42.5 Å². The molecule has 2 heterocycles. The zero-order valence-corrected chi connectivity index (χ0v) is 16.0. The van der Waals surface area contributed by atoms with Crippen LogP contribution < -0.4 is 5.56 Å². The number of nitrogens with zero attached hydrogens (tertiary/aromatic N) is 3. The molecule has 1 aliphatic heterocycles. The van der Waals surface area contributed by atoms with Crippen LogP contribution in [0.5, 0.6) is 0 Å². The van der Waals surface area contributed by atoms with Crippen molar-refractivity contribution in [3.05, 3.63) is 75.2 Å². The number of carbonyl (C=O) groups is 1. The average molecular weight is 398 g/mol. The van der Waals surface area contributed by atoms with Crippen LogP contribution in [0, 0.1) is 0 Å². The van der Waals surface area contributed by atoms with Gasteiger partial charge in [0.05, 0.1) is 23.7 Å². The number of hydrogen-bond donors (Lipinski definition) is 1. The monoisotopic (exact) mass is 397 g/mol. The molecule has 1 amide bonds. The van der Waals surface area contributed by atoms with E-state index >= 15 is 0 Å². The molecule has 7 heteroatoms. The molecule has 2 aromatic carbocycles. The van der Waals surface area contributed by atoms with Crippen molar-refractivity contribution in [1.29, 1.82) is 0 Å². The quantitative estimate of drug-likeness (QED) is 0.726. The van der Waals surface area contributed by atoms with Gasteiger partial charge in [0.2, 0.25) is 0 Å². The predicted octanol–water partition coefficient (Wildman–Crippen LogP) is 3.78. The van der Waals surface area contributed by atoms with Crippen LogP contribution in [0.15, 0.2) is 53.3 Å². The van der Waals surface area contributed by atoms with Gasteiger partial charge in [0.1, 0.15) is 0 Å². The molecule has 0 bridgehead atoms. The maximum absolute atomic E-state index is 13.0. The van der Waals surface area contributed by atoms with Crippen LogP contribution in [-0.2, 0) is 13.0 Å². The summed E-state index contributed by atoms with van der Waals surface area (Å²) in [5.41, 5.74) is 1.64. The van der Waals surface area contributed by atoms with E-state index in [1.54, 1.807) is 6.07 Å². The molecule has 1 atom stereocenters. The highest BCUT2D eigenvalue weighted by atomic mass is 35.5. The summed E-state index contributed by atoms with van der Waals surface area (Å²) in [6, 6.07) is 14.7. The van der Waals surface area contributed by atoms with Crippen molar-refractivity contribution in [2.75, 3.05) is 6.54 Å². The fourth-order valence-electron chi connectivity index (χ4n) is 3.83. The summed E-state index contributed by atoms with van der Waals surface area (Å²) in [6.45, 7) is 0.767. The summed E-state index contributed by atoms with van der Waals surface area (Å²) in [5, 5.41) is 16.1. The fourth-order valence-corrected chi connectivity index (χ4v) is 3.96. The van der Waals surface area contributed by atoms with Gasteiger partial charge in [0, 0.05) is 23.4 Å². The Kier molecular flexibility index (Phi) is 5.05. The summed E-state index contributed by atoms with van der Waals surface area (Å²) in [4.78, 5) is 25.8. The van der Waals surface area contributed by atoms with Crippen molar-refractivity contribution in [2.45, 2.75) is 31.8 Å². The van der Waals surface area contributed by atoms with Crippen molar-refractivity contribution in [2.24, 2.45) is 0 Å². The molecule has 4 rings (SSSR count). The normalized spacial score (nSPS) is 16.6. The number of carboxylic acid groups (broad SMARTS) is 1. The SMILES string of the molecule is O=C(O)N1CCC[C@@H]1Cn1nc(Cc2ccc(Cl)cc2)c2ccccc2c1=O. The first-order valence-corrected chi connectivity index (χ1v) is 9.63. The fraction of sp³-hybridized carbons (Fsp3) is 0.286. The molecular weight excluding hydrogens is 378 g/mol. The molecule has 3 aromatic rings. The van der Waals surface area contributed by atoms with Gasteiger partial charge in [-0.2, -0.15) is 5.10 Å². The summed E-state index contributed by atoms with van der Waals surface area (Å²) < 4.78 is 1.43. The van der Waals surface area contributed by atoms with Gasteiger partial charge in [0.25, 0.3) is 5.56 Å². The van der Waals surface area contributed by atoms with Gasteiger partial charge in [-0.3, -0.25) is 4.79 Å². The standard InChI is InChI=1S/C21H20ClN3O3/c22-15-9-7-14(8-10-15)12-19-17-5-1-2-6-18(17)20(26)25(23-19)13-16-4-3-11-24(16)21(27)28/h1-2,5-10,16H,3-4,11-13H2,(H,27,28)/t16-/m1/s1. The Morgan fingerprint density at radius 1 is 1.14 bits per heavy atom. The molecule has 0 spiro atoms. The van der Waals surface area contributed by atoms with Gasteiger partial charge in [-0.1, -0.05) is 41.9 Å². The van der Waals surface area contributed by atoms with E-state index in [-0.39, 0.29) is 18.1 Å². The molecule has 1 aromatic heterocycles. The molecular formula is C21H20ClN3O3. The molecule has 144 valence electrons. The highest BCUT2D eigenvalue weighted by Crippen LogP contribution is 2.21. The first-order valence-electron chi connectivity index (χ1n) is 9.25. The number of amides is 1. The third-order valence-corrected chi connectivity index (χ3v) is 5.49. The van der Waals surface area contributed by atoms with Crippen molar-refractivity contribution in [3.63, 3.8) is 0 Å². The Hall–Kier alpha value is -2.86. The lowest BCUT2D eigenvalue weighted by atomic mass is 10.0. The zero-order valence-electron chi connectivity index (χ0n) is 15.2. The number of rotatable bonds is 4. The molecule has 1 aliphatic rings. The van der Waals surface area contributed by atoms with Gasteiger partial charge in [0.15, 0.2) is 0 Å². The molecule has 28 heavy (non-hydrogen) atoms. The Morgan fingerprint density at radius 3 is 2.57 bits per heavy atom. The highest BCUT2D eigenvalue weighted by Gasteiger charge is 2.29. The van der Waals surface area contributed by atoms with Gasteiger partial charge in [-0.05, 0) is 36.6 Å². The summed E-state index contributed by atoms with van der Waals surface area (Å²) in [7, 11) is 0. The van der Waals surface area contributed by atoms with Crippen LogP contribution in [0.4, 0.5) is 4.79 Å². The summed E-state index contributed by atoms with van der Waals surface area (Å²) in [6.07, 6.45) is 1.15. The molecule has 1 N–H and O–H groups in total. The lowest BCUT2D eigenvalue weighted by Gasteiger charge is -2.22. The second kappa shape index (κ2) is 7.64. The number of fused-ring (bicyclic) bond motifs is 1. The number of halogens is 1. The van der Waals surface area contributed by atoms with E-state index in [1.165, 1.54) is 9.58 Å². The van der Waals surface area contributed by atoms with E-state index in [0.29, 0.717) is 23.4 Å². The highest BCUT2D eigenvalue weighted by molar-refractivity contribution is 6.30. The molecule has 1 saturated heterocycles. The van der Waals surface area contributed by atoms with Crippen LogP contribution >= 0.6 is 11.6 Å². The molecule has 1 fully saturated rings. The van der Waals surface area contributed by atoms with Crippen LogP contribution in [-0.4, -0.2) is 38.5 Å². The smallest absolute Gasteiger partial charge is 0.407 e.